The molecule has 0 aromatic heterocycles. The van der Waals surface area contributed by atoms with E-state index in [1.54, 1.807) is 0 Å². The minimum Gasteiger partial charge on any atom is -0.446 e. The van der Waals surface area contributed by atoms with Gasteiger partial charge in [0, 0.05) is 19.0 Å². The van der Waals surface area contributed by atoms with Crippen LogP contribution in [0.1, 0.15) is 0 Å². The number of alkyl halides is 3. The maximum Gasteiger partial charge on any atom is 0.490 e. The Hall–Kier alpha value is -1.75. The molecule has 1 aliphatic heterocycles. The highest BCUT2D eigenvalue weighted by atomic mass is 19.4. The predicted molar refractivity (Wildman–Crippen MR) is 53.9 cm³/mol. The molecule has 5 nitrogen and oxygen atoms in total. The van der Waals surface area contributed by atoms with Gasteiger partial charge in [-0.2, -0.15) is 13.2 Å². The molecule has 0 aliphatic carbocycles. The van der Waals surface area contributed by atoms with Crippen molar-refractivity contribution in [3.63, 3.8) is 0 Å². The van der Waals surface area contributed by atoms with E-state index in [1.165, 1.54) is 4.90 Å². The summed E-state index contributed by atoms with van der Waals surface area (Å²) in [5.41, 5.74) is 5.35. The molecular formula is C10H11F3N2O3. The number of carbonyl (C=O) groups excluding carboxylic acids is 2. The van der Waals surface area contributed by atoms with Gasteiger partial charge in [-0.05, 0) is 12.5 Å². The second-order valence-electron chi connectivity index (χ2n) is 3.69. The summed E-state index contributed by atoms with van der Waals surface area (Å²) in [5, 5.41) is 0. The van der Waals surface area contributed by atoms with Crippen molar-refractivity contribution in [1.29, 1.82) is 0 Å². The fourth-order valence-electron chi connectivity index (χ4n) is 1.26. The summed E-state index contributed by atoms with van der Waals surface area (Å²) < 4.78 is 38.9. The summed E-state index contributed by atoms with van der Waals surface area (Å²) >= 11 is 0. The van der Waals surface area contributed by atoms with Crippen LogP contribution >= 0.6 is 0 Å². The number of esters is 1. The molecule has 0 atom stereocenters. The van der Waals surface area contributed by atoms with Gasteiger partial charge in [-0.25, -0.2) is 4.79 Å². The number of amides is 1. The Morgan fingerprint density at radius 2 is 2.00 bits per heavy atom. The van der Waals surface area contributed by atoms with Crippen LogP contribution in [-0.4, -0.2) is 49.2 Å². The van der Waals surface area contributed by atoms with E-state index in [2.05, 4.69) is 16.6 Å². The minimum atomic E-state index is -5.04. The third kappa shape index (κ3) is 3.92. The quantitative estimate of drug-likeness (QED) is 0.539. The van der Waals surface area contributed by atoms with Crippen LogP contribution in [0.2, 0.25) is 0 Å². The van der Waals surface area contributed by atoms with Crippen molar-refractivity contribution in [3.8, 4) is 11.8 Å². The highest BCUT2D eigenvalue weighted by Crippen LogP contribution is 2.16. The standard InChI is InChI=1S/C10H11F3N2O3/c11-10(12,13)9(17)18-3-1-2-8(16)15-5-7(4-14)6-15/h7H,3-6,14H2. The monoisotopic (exact) mass is 264 g/mol. The van der Waals surface area contributed by atoms with Gasteiger partial charge in [0.2, 0.25) is 0 Å². The lowest BCUT2D eigenvalue weighted by Crippen LogP contribution is -2.52. The van der Waals surface area contributed by atoms with Crippen LogP contribution in [0.15, 0.2) is 0 Å². The normalized spacial score (nSPS) is 15.4. The molecule has 1 amide bonds. The molecule has 1 heterocycles. The van der Waals surface area contributed by atoms with Crippen molar-refractivity contribution in [2.75, 3.05) is 26.2 Å². The van der Waals surface area contributed by atoms with Gasteiger partial charge in [0.1, 0.15) is 0 Å². The maximum absolute atomic E-state index is 11.7. The van der Waals surface area contributed by atoms with Gasteiger partial charge >= 0.3 is 12.1 Å². The number of hydrogen-bond acceptors (Lipinski definition) is 4. The molecule has 1 rings (SSSR count). The zero-order valence-corrected chi connectivity index (χ0v) is 9.29. The molecule has 2 N–H and O–H groups in total. The molecule has 0 aromatic rings. The van der Waals surface area contributed by atoms with Crippen molar-refractivity contribution < 1.29 is 27.5 Å². The number of halogens is 3. The molecule has 8 heteroatoms. The van der Waals surface area contributed by atoms with Gasteiger partial charge in [0.05, 0.1) is 0 Å². The second kappa shape index (κ2) is 5.73. The third-order valence-electron chi connectivity index (χ3n) is 2.28. The Kier molecular flexibility index (Phi) is 4.55. The Bertz CT molecular complexity index is 391. The summed E-state index contributed by atoms with van der Waals surface area (Å²) in [6, 6.07) is 0. The number of likely N-dealkylation sites (tertiary alicyclic amines) is 1. The van der Waals surface area contributed by atoms with Crippen molar-refractivity contribution >= 4 is 11.9 Å². The lowest BCUT2D eigenvalue weighted by Gasteiger charge is -2.37. The predicted octanol–water partition coefficient (Wildman–Crippen LogP) is -0.488. The lowest BCUT2D eigenvalue weighted by molar-refractivity contribution is -0.198. The Balaban J connectivity index is 2.26. The van der Waals surface area contributed by atoms with Crippen molar-refractivity contribution in [2.45, 2.75) is 6.18 Å². The van der Waals surface area contributed by atoms with Gasteiger partial charge in [0.25, 0.3) is 5.91 Å². The molecule has 1 aliphatic rings. The van der Waals surface area contributed by atoms with Crippen LogP contribution < -0.4 is 5.73 Å². The number of hydrogen-bond donors (Lipinski definition) is 1. The van der Waals surface area contributed by atoms with Gasteiger partial charge in [-0.1, -0.05) is 5.92 Å². The van der Waals surface area contributed by atoms with E-state index < -0.39 is 24.7 Å². The van der Waals surface area contributed by atoms with Crippen molar-refractivity contribution in [2.24, 2.45) is 11.7 Å². The summed E-state index contributed by atoms with van der Waals surface area (Å²) in [7, 11) is 0. The second-order valence-corrected chi connectivity index (χ2v) is 3.69. The minimum absolute atomic E-state index is 0.249. The van der Waals surface area contributed by atoms with E-state index >= 15 is 0 Å². The van der Waals surface area contributed by atoms with Gasteiger partial charge in [0.15, 0.2) is 6.61 Å². The smallest absolute Gasteiger partial charge is 0.446 e. The average Bonchev–Trinajstić information content (AvgIpc) is 2.21. The topological polar surface area (TPSA) is 72.6 Å². The molecule has 1 fully saturated rings. The van der Waals surface area contributed by atoms with E-state index in [0.717, 1.165) is 0 Å². The van der Waals surface area contributed by atoms with E-state index in [4.69, 9.17) is 5.73 Å². The van der Waals surface area contributed by atoms with Gasteiger partial charge in [-0.3, -0.25) is 4.79 Å². The number of nitrogens with two attached hydrogens (primary N) is 1. The zero-order valence-electron chi connectivity index (χ0n) is 9.29. The Labute approximate surface area is 101 Å². The molecule has 0 bridgehead atoms. The first-order chi connectivity index (χ1) is 8.34. The Morgan fingerprint density at radius 3 is 2.50 bits per heavy atom. The van der Waals surface area contributed by atoms with Crippen molar-refractivity contribution in [3.05, 3.63) is 0 Å². The molecule has 0 unspecified atom stereocenters. The van der Waals surface area contributed by atoms with Gasteiger partial charge < -0.3 is 15.4 Å². The molecule has 0 aromatic carbocycles. The average molecular weight is 264 g/mol. The van der Waals surface area contributed by atoms with Crippen molar-refractivity contribution in [1.82, 2.24) is 4.90 Å². The summed E-state index contributed by atoms with van der Waals surface area (Å²) in [4.78, 5) is 23.0. The van der Waals surface area contributed by atoms with E-state index in [-0.39, 0.29) is 5.92 Å². The van der Waals surface area contributed by atoms with Crippen LogP contribution in [-0.2, 0) is 14.3 Å². The van der Waals surface area contributed by atoms with Crippen LogP contribution in [0.5, 0.6) is 0 Å². The molecular weight excluding hydrogens is 253 g/mol. The highest BCUT2D eigenvalue weighted by molar-refractivity contribution is 5.94. The fourth-order valence-corrected chi connectivity index (χ4v) is 1.26. The number of carbonyl (C=O) groups is 2. The Morgan fingerprint density at radius 1 is 1.39 bits per heavy atom. The summed E-state index contributed by atoms with van der Waals surface area (Å²) in [6.45, 7) is 0.692. The lowest BCUT2D eigenvalue weighted by atomic mass is 10.0. The molecule has 1 saturated heterocycles. The summed E-state index contributed by atoms with van der Waals surface area (Å²) in [6.07, 6.45) is -5.04. The van der Waals surface area contributed by atoms with Crippen LogP contribution in [0.25, 0.3) is 0 Å². The van der Waals surface area contributed by atoms with E-state index in [1.807, 2.05) is 0 Å². The van der Waals surface area contributed by atoms with Crippen LogP contribution in [0.3, 0.4) is 0 Å². The molecule has 0 radical (unpaired) electrons. The van der Waals surface area contributed by atoms with E-state index in [9.17, 15) is 22.8 Å². The molecule has 18 heavy (non-hydrogen) atoms. The highest BCUT2D eigenvalue weighted by Gasteiger charge is 2.40. The van der Waals surface area contributed by atoms with Crippen LogP contribution in [0, 0.1) is 17.8 Å². The zero-order chi connectivity index (χ0) is 13.8. The number of ether oxygens (including phenoxy) is 1. The maximum atomic E-state index is 11.7. The third-order valence-corrected chi connectivity index (χ3v) is 2.28. The van der Waals surface area contributed by atoms with Gasteiger partial charge in [-0.15, -0.1) is 0 Å². The van der Waals surface area contributed by atoms with Crippen LogP contribution in [0.4, 0.5) is 13.2 Å². The first-order valence-corrected chi connectivity index (χ1v) is 5.06. The number of rotatable bonds is 2. The summed E-state index contributed by atoms with van der Waals surface area (Å²) in [5.74, 6) is 1.56. The molecule has 0 spiro atoms. The fraction of sp³-hybridized carbons (Fsp3) is 0.600. The molecule has 100 valence electrons. The SMILES string of the molecule is NCC1CN(C(=O)C#CCOC(=O)C(F)(F)F)C1. The first kappa shape index (κ1) is 14.3. The first-order valence-electron chi connectivity index (χ1n) is 5.06. The molecule has 0 saturated carbocycles. The largest absolute Gasteiger partial charge is 0.490 e. The van der Waals surface area contributed by atoms with E-state index in [0.29, 0.717) is 19.6 Å². The number of nitrogens with zero attached hydrogens (tertiary/aromatic N) is 1.